The molecule has 2 aliphatic rings. The Hall–Kier alpha value is -2.88. The summed E-state index contributed by atoms with van der Waals surface area (Å²) in [6, 6.07) is 20.1. The predicted octanol–water partition coefficient (Wildman–Crippen LogP) is 3.93. The van der Waals surface area contributed by atoms with E-state index in [9.17, 15) is 9.59 Å². The zero-order valence-electron chi connectivity index (χ0n) is 16.8. The summed E-state index contributed by atoms with van der Waals surface area (Å²) in [6.45, 7) is 2.16. The van der Waals surface area contributed by atoms with E-state index in [0.29, 0.717) is 13.1 Å². The Kier molecular flexibility index (Phi) is 5.79. The fraction of sp³-hybridized carbons (Fsp3) is 0.360. The molecule has 0 aromatic heterocycles. The van der Waals surface area contributed by atoms with Crippen molar-refractivity contribution < 1.29 is 9.59 Å². The van der Waals surface area contributed by atoms with Gasteiger partial charge in [0.2, 0.25) is 11.8 Å². The zero-order chi connectivity index (χ0) is 20.1. The van der Waals surface area contributed by atoms with Crippen molar-refractivity contribution in [1.82, 2.24) is 9.80 Å². The molecule has 150 valence electrons. The smallest absolute Gasteiger partial charge is 0.248 e. The van der Waals surface area contributed by atoms with Gasteiger partial charge in [0.25, 0.3) is 0 Å². The Balaban J connectivity index is 1.46. The predicted molar refractivity (Wildman–Crippen MR) is 115 cm³/mol. The lowest BCUT2D eigenvalue weighted by Gasteiger charge is -2.44. The quantitative estimate of drug-likeness (QED) is 0.729. The van der Waals surface area contributed by atoms with Crippen molar-refractivity contribution in [1.29, 1.82) is 0 Å². The van der Waals surface area contributed by atoms with E-state index in [2.05, 4.69) is 12.1 Å². The van der Waals surface area contributed by atoms with Crippen molar-refractivity contribution in [2.75, 3.05) is 19.6 Å². The molecule has 4 heteroatoms. The third-order valence-electron chi connectivity index (χ3n) is 6.19. The van der Waals surface area contributed by atoms with Crippen LogP contribution in [0.5, 0.6) is 0 Å². The molecule has 1 spiro atoms. The minimum absolute atomic E-state index is 0.0513. The van der Waals surface area contributed by atoms with Crippen molar-refractivity contribution in [2.24, 2.45) is 0 Å². The fourth-order valence-electron chi connectivity index (χ4n) is 4.69. The molecule has 0 saturated carbocycles. The topological polar surface area (TPSA) is 40.6 Å². The van der Waals surface area contributed by atoms with Crippen LogP contribution in [0.2, 0.25) is 0 Å². The molecule has 2 heterocycles. The molecule has 2 saturated heterocycles. The van der Waals surface area contributed by atoms with Crippen LogP contribution in [-0.4, -0.2) is 46.8 Å². The normalized spacial score (nSPS) is 22.0. The highest BCUT2D eigenvalue weighted by atomic mass is 16.2. The third kappa shape index (κ3) is 4.12. The molecule has 2 amide bonds. The first-order valence-electron chi connectivity index (χ1n) is 10.6. The number of hydrogen-bond acceptors (Lipinski definition) is 2. The van der Waals surface area contributed by atoms with Crippen LogP contribution in [-0.2, 0) is 16.0 Å². The van der Waals surface area contributed by atoms with Crippen molar-refractivity contribution in [3.63, 3.8) is 0 Å². The van der Waals surface area contributed by atoms with Crippen LogP contribution in [0.3, 0.4) is 0 Å². The molecule has 2 fully saturated rings. The molecule has 2 aromatic carbocycles. The van der Waals surface area contributed by atoms with Gasteiger partial charge < -0.3 is 9.80 Å². The lowest BCUT2D eigenvalue weighted by molar-refractivity contribution is -0.153. The average Bonchev–Trinajstić information content (AvgIpc) is 3.19. The Morgan fingerprint density at radius 3 is 2.31 bits per heavy atom. The molecular weight excluding hydrogens is 360 g/mol. The van der Waals surface area contributed by atoms with Gasteiger partial charge in [-0.15, -0.1) is 0 Å². The van der Waals surface area contributed by atoms with Gasteiger partial charge in [0.15, 0.2) is 0 Å². The fourth-order valence-corrected chi connectivity index (χ4v) is 4.69. The summed E-state index contributed by atoms with van der Waals surface area (Å²) in [5.74, 6) is 0.0863. The summed E-state index contributed by atoms with van der Waals surface area (Å²) in [6.07, 6.45) is 7.71. The second-order valence-corrected chi connectivity index (χ2v) is 8.00. The van der Waals surface area contributed by atoms with Crippen LogP contribution >= 0.6 is 0 Å². The minimum Gasteiger partial charge on any atom is -0.340 e. The van der Waals surface area contributed by atoms with E-state index in [-0.39, 0.29) is 11.8 Å². The maximum Gasteiger partial charge on any atom is 0.248 e. The van der Waals surface area contributed by atoms with Crippen LogP contribution < -0.4 is 0 Å². The molecular formula is C25H28N2O2. The summed E-state index contributed by atoms with van der Waals surface area (Å²) < 4.78 is 0. The monoisotopic (exact) mass is 388 g/mol. The SMILES string of the molecule is O=C(/C=C/c1ccccc1)N1CCCC12CCCN(CCc1ccccc1)C2=O. The first-order valence-corrected chi connectivity index (χ1v) is 10.6. The summed E-state index contributed by atoms with van der Waals surface area (Å²) in [5, 5.41) is 0. The zero-order valence-corrected chi connectivity index (χ0v) is 16.8. The number of likely N-dealkylation sites (tertiary alicyclic amines) is 2. The number of rotatable bonds is 5. The minimum atomic E-state index is -0.646. The number of nitrogens with zero attached hydrogens (tertiary/aromatic N) is 2. The number of piperidine rings is 1. The number of carbonyl (C=O) groups is 2. The lowest BCUT2D eigenvalue weighted by Crippen LogP contribution is -2.61. The molecule has 2 aliphatic heterocycles. The van der Waals surface area contributed by atoms with Gasteiger partial charge in [0, 0.05) is 25.7 Å². The maximum absolute atomic E-state index is 13.5. The van der Waals surface area contributed by atoms with Crippen molar-refractivity contribution >= 4 is 17.9 Å². The number of benzene rings is 2. The van der Waals surface area contributed by atoms with Gasteiger partial charge in [-0.05, 0) is 49.3 Å². The molecule has 4 nitrogen and oxygen atoms in total. The van der Waals surface area contributed by atoms with Crippen molar-refractivity contribution in [3.05, 3.63) is 77.9 Å². The summed E-state index contributed by atoms with van der Waals surface area (Å²) in [7, 11) is 0. The van der Waals surface area contributed by atoms with Gasteiger partial charge in [0.1, 0.15) is 5.54 Å². The molecule has 0 bridgehead atoms. The lowest BCUT2D eigenvalue weighted by atomic mass is 9.85. The second kappa shape index (κ2) is 8.64. The first-order chi connectivity index (χ1) is 14.2. The largest absolute Gasteiger partial charge is 0.340 e. The molecule has 1 atom stereocenters. The highest BCUT2D eigenvalue weighted by molar-refractivity contribution is 5.98. The van der Waals surface area contributed by atoms with E-state index in [1.165, 1.54) is 5.56 Å². The van der Waals surface area contributed by atoms with E-state index >= 15 is 0 Å². The van der Waals surface area contributed by atoms with Gasteiger partial charge in [0.05, 0.1) is 0 Å². The van der Waals surface area contributed by atoms with E-state index in [1.807, 2.05) is 64.4 Å². The van der Waals surface area contributed by atoms with Gasteiger partial charge >= 0.3 is 0 Å². The molecule has 1 unspecified atom stereocenters. The van der Waals surface area contributed by atoms with Crippen molar-refractivity contribution in [2.45, 2.75) is 37.6 Å². The maximum atomic E-state index is 13.5. The number of hydrogen-bond donors (Lipinski definition) is 0. The van der Waals surface area contributed by atoms with Gasteiger partial charge in [-0.25, -0.2) is 0 Å². The van der Waals surface area contributed by atoms with Gasteiger partial charge in [-0.1, -0.05) is 60.7 Å². The number of amides is 2. The van der Waals surface area contributed by atoms with E-state index < -0.39 is 5.54 Å². The van der Waals surface area contributed by atoms with Crippen LogP contribution in [0, 0.1) is 0 Å². The molecule has 0 N–H and O–H groups in total. The molecule has 0 radical (unpaired) electrons. The third-order valence-corrected chi connectivity index (χ3v) is 6.19. The highest BCUT2D eigenvalue weighted by Gasteiger charge is 2.52. The summed E-state index contributed by atoms with van der Waals surface area (Å²) in [4.78, 5) is 30.3. The Morgan fingerprint density at radius 1 is 0.931 bits per heavy atom. The standard InChI is InChI=1S/C25H28N2O2/c28-23(14-13-21-9-3-1-4-10-21)27-19-8-17-25(27)16-7-18-26(24(25)29)20-15-22-11-5-2-6-12-22/h1-6,9-14H,7-8,15-20H2/b14-13+. The van der Waals surface area contributed by atoms with Gasteiger partial charge in [-0.3, -0.25) is 9.59 Å². The van der Waals surface area contributed by atoms with E-state index in [4.69, 9.17) is 0 Å². The van der Waals surface area contributed by atoms with E-state index in [1.54, 1.807) is 6.08 Å². The highest BCUT2D eigenvalue weighted by Crippen LogP contribution is 2.38. The summed E-state index contributed by atoms with van der Waals surface area (Å²) >= 11 is 0. The molecule has 4 rings (SSSR count). The molecule has 0 aliphatic carbocycles. The van der Waals surface area contributed by atoms with Gasteiger partial charge in [-0.2, -0.15) is 0 Å². The van der Waals surface area contributed by atoms with E-state index in [0.717, 1.165) is 44.2 Å². The number of carbonyl (C=O) groups excluding carboxylic acids is 2. The summed E-state index contributed by atoms with van der Waals surface area (Å²) in [5.41, 5.74) is 1.59. The molecule has 29 heavy (non-hydrogen) atoms. The van der Waals surface area contributed by atoms with Crippen LogP contribution in [0.15, 0.2) is 66.7 Å². The average molecular weight is 389 g/mol. The Labute approximate surface area is 172 Å². The second-order valence-electron chi connectivity index (χ2n) is 8.00. The van der Waals surface area contributed by atoms with Crippen molar-refractivity contribution in [3.8, 4) is 0 Å². The Morgan fingerprint density at radius 2 is 1.59 bits per heavy atom. The van der Waals surface area contributed by atoms with Crippen LogP contribution in [0.25, 0.3) is 6.08 Å². The first kappa shape index (κ1) is 19.4. The Bertz CT molecular complexity index is 878. The molecule has 2 aromatic rings. The van der Waals surface area contributed by atoms with Crippen LogP contribution in [0.4, 0.5) is 0 Å². The van der Waals surface area contributed by atoms with Crippen LogP contribution in [0.1, 0.15) is 36.8 Å².